The molecule has 0 spiro atoms. The van der Waals surface area contributed by atoms with E-state index in [1.165, 1.54) is 11.3 Å². The fourth-order valence-corrected chi connectivity index (χ4v) is 2.45. The van der Waals surface area contributed by atoms with Gasteiger partial charge in [0.25, 0.3) is 5.91 Å². The third-order valence-corrected chi connectivity index (χ3v) is 4.38. The number of carbonyl (C=O) groups is 2. The highest BCUT2D eigenvalue weighted by molar-refractivity contribution is 7.08. The van der Waals surface area contributed by atoms with Crippen molar-refractivity contribution in [2.45, 2.75) is 45.1 Å². The maximum Gasteiger partial charge on any atom is 0.252 e. The molecule has 0 bridgehead atoms. The Labute approximate surface area is 142 Å². The van der Waals surface area contributed by atoms with Crippen LogP contribution in [-0.2, 0) is 4.79 Å². The van der Waals surface area contributed by atoms with Crippen LogP contribution >= 0.6 is 23.7 Å². The third kappa shape index (κ3) is 7.24. The SMILES string of the molecule is CCC(N)(CC)CNC(=O)CCCNC(=O)c1ccsc1.Cl. The van der Waals surface area contributed by atoms with Crippen molar-refractivity contribution in [2.24, 2.45) is 5.73 Å². The third-order valence-electron chi connectivity index (χ3n) is 3.70. The van der Waals surface area contributed by atoms with Crippen LogP contribution in [0.3, 0.4) is 0 Å². The van der Waals surface area contributed by atoms with Crippen LogP contribution < -0.4 is 16.4 Å². The number of halogens is 1. The first kappa shape index (κ1) is 20.9. The second-order valence-electron chi connectivity index (χ2n) is 5.22. The molecule has 0 fully saturated rings. The van der Waals surface area contributed by atoms with E-state index in [2.05, 4.69) is 10.6 Å². The van der Waals surface area contributed by atoms with Gasteiger partial charge in [-0.3, -0.25) is 9.59 Å². The lowest BCUT2D eigenvalue weighted by Gasteiger charge is -2.26. The van der Waals surface area contributed by atoms with E-state index in [1.807, 2.05) is 19.2 Å². The summed E-state index contributed by atoms with van der Waals surface area (Å²) >= 11 is 1.49. The van der Waals surface area contributed by atoms with Crippen molar-refractivity contribution in [2.75, 3.05) is 13.1 Å². The summed E-state index contributed by atoms with van der Waals surface area (Å²) < 4.78 is 0. The molecule has 126 valence electrons. The molecule has 1 heterocycles. The zero-order valence-corrected chi connectivity index (χ0v) is 14.8. The normalized spacial score (nSPS) is 10.7. The van der Waals surface area contributed by atoms with Crippen LogP contribution in [0.25, 0.3) is 0 Å². The molecule has 5 nitrogen and oxygen atoms in total. The lowest BCUT2D eigenvalue weighted by atomic mass is 9.94. The summed E-state index contributed by atoms with van der Waals surface area (Å²) in [7, 11) is 0. The fourth-order valence-electron chi connectivity index (χ4n) is 1.81. The Bertz CT molecular complexity index is 448. The highest BCUT2D eigenvalue weighted by atomic mass is 35.5. The van der Waals surface area contributed by atoms with E-state index in [9.17, 15) is 9.59 Å². The number of nitrogens with two attached hydrogens (primary N) is 1. The molecular weight excluding hydrogens is 322 g/mol. The zero-order valence-electron chi connectivity index (χ0n) is 13.2. The number of amides is 2. The monoisotopic (exact) mass is 347 g/mol. The van der Waals surface area contributed by atoms with Gasteiger partial charge in [-0.2, -0.15) is 11.3 Å². The minimum atomic E-state index is -0.317. The molecule has 0 aliphatic heterocycles. The number of carbonyl (C=O) groups excluding carboxylic acids is 2. The second kappa shape index (κ2) is 10.6. The summed E-state index contributed by atoms with van der Waals surface area (Å²) in [6.45, 7) is 5.04. The van der Waals surface area contributed by atoms with Crippen LogP contribution in [0, 0.1) is 0 Å². The highest BCUT2D eigenvalue weighted by Crippen LogP contribution is 2.09. The topological polar surface area (TPSA) is 84.2 Å². The van der Waals surface area contributed by atoms with Gasteiger partial charge in [-0.25, -0.2) is 0 Å². The van der Waals surface area contributed by atoms with Gasteiger partial charge in [0.1, 0.15) is 0 Å². The van der Waals surface area contributed by atoms with E-state index in [4.69, 9.17) is 5.73 Å². The van der Waals surface area contributed by atoms with Crippen LogP contribution in [0.4, 0.5) is 0 Å². The molecule has 0 atom stereocenters. The van der Waals surface area contributed by atoms with Gasteiger partial charge in [-0.05, 0) is 30.7 Å². The van der Waals surface area contributed by atoms with Gasteiger partial charge in [0.2, 0.25) is 5.91 Å². The van der Waals surface area contributed by atoms with Crippen molar-refractivity contribution < 1.29 is 9.59 Å². The lowest BCUT2D eigenvalue weighted by molar-refractivity contribution is -0.121. The summed E-state index contributed by atoms with van der Waals surface area (Å²) in [5, 5.41) is 9.33. The van der Waals surface area contributed by atoms with E-state index in [1.54, 1.807) is 11.4 Å². The van der Waals surface area contributed by atoms with Gasteiger partial charge in [0, 0.05) is 36.0 Å². The van der Waals surface area contributed by atoms with Gasteiger partial charge in [-0.1, -0.05) is 13.8 Å². The molecule has 1 aromatic heterocycles. The molecule has 1 aromatic rings. The average Bonchev–Trinajstić information content (AvgIpc) is 3.03. The van der Waals surface area contributed by atoms with Gasteiger partial charge >= 0.3 is 0 Å². The van der Waals surface area contributed by atoms with Crippen molar-refractivity contribution in [3.63, 3.8) is 0 Å². The largest absolute Gasteiger partial charge is 0.354 e. The quantitative estimate of drug-likeness (QED) is 0.599. The van der Waals surface area contributed by atoms with Gasteiger partial charge < -0.3 is 16.4 Å². The molecule has 0 radical (unpaired) electrons. The molecule has 2 amide bonds. The van der Waals surface area contributed by atoms with E-state index in [0.29, 0.717) is 31.5 Å². The Morgan fingerprint density at radius 1 is 1.27 bits per heavy atom. The Morgan fingerprint density at radius 2 is 1.95 bits per heavy atom. The van der Waals surface area contributed by atoms with E-state index < -0.39 is 0 Å². The molecule has 22 heavy (non-hydrogen) atoms. The number of hydrogen-bond acceptors (Lipinski definition) is 4. The maximum absolute atomic E-state index is 11.7. The summed E-state index contributed by atoms with van der Waals surface area (Å²) in [6.07, 6.45) is 2.69. The number of thiophene rings is 1. The van der Waals surface area contributed by atoms with Gasteiger partial charge in [-0.15, -0.1) is 12.4 Å². The van der Waals surface area contributed by atoms with Crippen molar-refractivity contribution in [1.29, 1.82) is 0 Å². The van der Waals surface area contributed by atoms with Crippen LogP contribution in [0.5, 0.6) is 0 Å². The first-order valence-corrected chi connectivity index (χ1v) is 8.31. The molecule has 4 N–H and O–H groups in total. The molecule has 0 aliphatic carbocycles. The fraction of sp³-hybridized carbons (Fsp3) is 0.600. The van der Waals surface area contributed by atoms with Crippen molar-refractivity contribution in [3.8, 4) is 0 Å². The van der Waals surface area contributed by atoms with Gasteiger partial charge in [0.15, 0.2) is 0 Å². The predicted molar refractivity (Wildman–Crippen MR) is 93.6 cm³/mol. The predicted octanol–water partition coefficient (Wildman–Crippen LogP) is 2.31. The van der Waals surface area contributed by atoms with Gasteiger partial charge in [0.05, 0.1) is 0 Å². The Morgan fingerprint density at radius 3 is 2.50 bits per heavy atom. The molecule has 0 saturated carbocycles. The maximum atomic E-state index is 11.7. The number of rotatable bonds is 9. The van der Waals surface area contributed by atoms with Crippen LogP contribution in [0.1, 0.15) is 49.9 Å². The molecule has 0 unspecified atom stereocenters. The van der Waals surface area contributed by atoms with Crippen LogP contribution in [0.2, 0.25) is 0 Å². The summed E-state index contributed by atoms with van der Waals surface area (Å²) in [5.74, 6) is -0.105. The summed E-state index contributed by atoms with van der Waals surface area (Å²) in [4.78, 5) is 23.4. The highest BCUT2D eigenvalue weighted by Gasteiger charge is 2.20. The van der Waals surface area contributed by atoms with Crippen LogP contribution in [-0.4, -0.2) is 30.4 Å². The van der Waals surface area contributed by atoms with Crippen molar-refractivity contribution in [1.82, 2.24) is 10.6 Å². The standard InChI is InChI=1S/C15H25N3O2S.ClH/c1-3-15(16,4-2)11-18-13(19)6-5-8-17-14(20)12-7-9-21-10-12;/h7,9-10H,3-6,8,11,16H2,1-2H3,(H,17,20)(H,18,19);1H. The Hall–Kier alpha value is -1.11. The smallest absolute Gasteiger partial charge is 0.252 e. The van der Waals surface area contributed by atoms with E-state index >= 15 is 0 Å². The number of nitrogens with one attached hydrogen (secondary N) is 2. The second-order valence-corrected chi connectivity index (χ2v) is 6.00. The first-order chi connectivity index (χ1) is 10.0. The Balaban J connectivity index is 0.00000441. The van der Waals surface area contributed by atoms with E-state index in [0.717, 1.165) is 12.8 Å². The molecule has 1 rings (SSSR count). The lowest BCUT2D eigenvalue weighted by Crippen LogP contribution is -2.49. The molecule has 0 aromatic carbocycles. The minimum absolute atomic E-state index is 0. The van der Waals surface area contributed by atoms with Crippen molar-refractivity contribution >= 4 is 35.6 Å². The molecular formula is C15H26ClN3O2S. The molecule has 7 heteroatoms. The summed E-state index contributed by atoms with van der Waals surface area (Å²) in [6, 6.07) is 1.78. The molecule has 0 saturated heterocycles. The first-order valence-electron chi connectivity index (χ1n) is 7.36. The summed E-state index contributed by atoms with van der Waals surface area (Å²) in [5.41, 5.74) is 6.48. The van der Waals surface area contributed by atoms with Crippen molar-refractivity contribution in [3.05, 3.63) is 22.4 Å². The zero-order chi connectivity index (χ0) is 15.7. The van der Waals surface area contributed by atoms with E-state index in [-0.39, 0.29) is 29.8 Å². The Kier molecular flexibility index (Phi) is 10.1. The number of hydrogen-bond donors (Lipinski definition) is 3. The van der Waals surface area contributed by atoms with Crippen LogP contribution in [0.15, 0.2) is 16.8 Å². The minimum Gasteiger partial charge on any atom is -0.354 e. The average molecular weight is 348 g/mol. The molecule has 0 aliphatic rings.